The second kappa shape index (κ2) is 5.94. The lowest BCUT2D eigenvalue weighted by molar-refractivity contribution is 0.171. The lowest BCUT2D eigenvalue weighted by Crippen LogP contribution is -2.32. The van der Waals surface area contributed by atoms with Crippen molar-refractivity contribution in [3.63, 3.8) is 0 Å². The monoisotopic (exact) mass is 254 g/mol. The fourth-order valence-electron chi connectivity index (χ4n) is 3.20. The Bertz CT molecular complexity index is 331. The minimum atomic E-state index is -1.21. The molecule has 1 rings (SSSR count). The molecule has 0 spiro atoms. The second-order valence-corrected chi connectivity index (χ2v) is 6.53. The third kappa shape index (κ3) is 4.18. The van der Waals surface area contributed by atoms with E-state index in [1.54, 1.807) is 0 Å². The molecule has 0 radical (unpaired) electrons. The standard InChI is InChI=1S/C15H27FN2/c1-6-13(14(17)11(3)16)18-12-7-10(2)8-15(4,5)9-12/h10-12,17H,6-9H2,1-5H3. The maximum atomic E-state index is 13.2. The van der Waals surface area contributed by atoms with Crippen LogP contribution in [0.2, 0.25) is 0 Å². The van der Waals surface area contributed by atoms with E-state index in [0.29, 0.717) is 23.5 Å². The fraction of sp³-hybridized carbons (Fsp3) is 0.867. The third-order valence-electron chi connectivity index (χ3n) is 3.75. The van der Waals surface area contributed by atoms with Crippen LogP contribution in [0.15, 0.2) is 4.99 Å². The van der Waals surface area contributed by atoms with Crippen LogP contribution in [0.25, 0.3) is 0 Å². The topological polar surface area (TPSA) is 36.2 Å². The van der Waals surface area contributed by atoms with Crippen molar-refractivity contribution in [2.24, 2.45) is 16.3 Å². The molecule has 0 aromatic carbocycles. The molecule has 0 aliphatic heterocycles. The van der Waals surface area contributed by atoms with Crippen LogP contribution in [0.5, 0.6) is 0 Å². The van der Waals surface area contributed by atoms with E-state index in [2.05, 4.69) is 25.8 Å². The highest BCUT2D eigenvalue weighted by Gasteiger charge is 2.32. The van der Waals surface area contributed by atoms with Crippen LogP contribution in [-0.2, 0) is 0 Å². The molecule has 1 fully saturated rings. The van der Waals surface area contributed by atoms with Crippen molar-refractivity contribution in [3.05, 3.63) is 0 Å². The fourth-order valence-corrected chi connectivity index (χ4v) is 3.20. The minimum Gasteiger partial charge on any atom is -0.300 e. The van der Waals surface area contributed by atoms with Gasteiger partial charge in [0.2, 0.25) is 0 Å². The molecule has 104 valence electrons. The molecule has 0 aromatic rings. The zero-order valence-corrected chi connectivity index (χ0v) is 12.4. The molecule has 0 saturated heterocycles. The second-order valence-electron chi connectivity index (χ2n) is 6.53. The van der Waals surface area contributed by atoms with Gasteiger partial charge in [-0.2, -0.15) is 0 Å². The van der Waals surface area contributed by atoms with E-state index in [9.17, 15) is 4.39 Å². The largest absolute Gasteiger partial charge is 0.300 e. The summed E-state index contributed by atoms with van der Waals surface area (Å²) in [6, 6.07) is 0.262. The molecule has 0 bridgehead atoms. The summed E-state index contributed by atoms with van der Waals surface area (Å²) in [7, 11) is 0. The van der Waals surface area contributed by atoms with Gasteiger partial charge in [-0.3, -0.25) is 4.99 Å². The summed E-state index contributed by atoms with van der Waals surface area (Å²) in [5.74, 6) is 0.664. The van der Waals surface area contributed by atoms with Gasteiger partial charge in [0.25, 0.3) is 0 Å². The smallest absolute Gasteiger partial charge is 0.140 e. The van der Waals surface area contributed by atoms with E-state index in [0.717, 1.165) is 12.8 Å². The Morgan fingerprint density at radius 1 is 1.44 bits per heavy atom. The summed E-state index contributed by atoms with van der Waals surface area (Å²) in [5.41, 5.74) is 1.03. The van der Waals surface area contributed by atoms with E-state index in [1.807, 2.05) is 6.92 Å². The molecule has 0 aromatic heterocycles. The first kappa shape index (κ1) is 15.3. The van der Waals surface area contributed by atoms with Crippen molar-refractivity contribution in [3.8, 4) is 0 Å². The van der Waals surface area contributed by atoms with Crippen LogP contribution in [0.1, 0.15) is 60.3 Å². The van der Waals surface area contributed by atoms with E-state index < -0.39 is 6.17 Å². The molecule has 1 saturated carbocycles. The molecule has 0 heterocycles. The Balaban J connectivity index is 2.82. The van der Waals surface area contributed by atoms with Gasteiger partial charge >= 0.3 is 0 Å². The normalized spacial score (nSPS) is 30.0. The predicted molar refractivity (Wildman–Crippen MR) is 76.6 cm³/mol. The maximum Gasteiger partial charge on any atom is 0.140 e. The molecule has 18 heavy (non-hydrogen) atoms. The van der Waals surface area contributed by atoms with E-state index >= 15 is 0 Å². The van der Waals surface area contributed by atoms with Gasteiger partial charge in [0, 0.05) is 0 Å². The van der Waals surface area contributed by atoms with Crippen molar-refractivity contribution < 1.29 is 4.39 Å². The molecule has 3 atom stereocenters. The van der Waals surface area contributed by atoms with Gasteiger partial charge in [0.1, 0.15) is 6.17 Å². The van der Waals surface area contributed by atoms with Crippen molar-refractivity contribution in [1.29, 1.82) is 5.41 Å². The predicted octanol–water partition coefficient (Wildman–Crippen LogP) is 4.43. The maximum absolute atomic E-state index is 13.2. The van der Waals surface area contributed by atoms with Crippen molar-refractivity contribution in [2.75, 3.05) is 0 Å². The van der Waals surface area contributed by atoms with E-state index in [-0.39, 0.29) is 11.8 Å². The summed E-state index contributed by atoms with van der Waals surface area (Å²) in [6.45, 7) is 10.2. The summed E-state index contributed by atoms with van der Waals surface area (Å²) in [5, 5.41) is 7.76. The number of halogens is 1. The average molecular weight is 254 g/mol. The van der Waals surface area contributed by atoms with Crippen LogP contribution >= 0.6 is 0 Å². The summed E-state index contributed by atoms with van der Waals surface area (Å²) >= 11 is 0. The molecule has 2 nitrogen and oxygen atoms in total. The molecular weight excluding hydrogens is 227 g/mol. The van der Waals surface area contributed by atoms with E-state index in [1.165, 1.54) is 13.3 Å². The lowest BCUT2D eigenvalue weighted by Gasteiger charge is -2.37. The highest BCUT2D eigenvalue weighted by atomic mass is 19.1. The molecule has 1 N–H and O–H groups in total. The van der Waals surface area contributed by atoms with Gasteiger partial charge in [-0.1, -0.05) is 27.7 Å². The Hall–Kier alpha value is -0.730. The molecular formula is C15H27FN2. The first-order valence-electron chi connectivity index (χ1n) is 7.04. The number of hydrogen-bond acceptors (Lipinski definition) is 2. The number of rotatable bonds is 4. The molecule has 1 aliphatic carbocycles. The van der Waals surface area contributed by atoms with E-state index in [4.69, 9.17) is 5.41 Å². The number of alkyl halides is 1. The van der Waals surface area contributed by atoms with Crippen LogP contribution in [0.4, 0.5) is 4.39 Å². The zero-order chi connectivity index (χ0) is 13.9. The van der Waals surface area contributed by atoms with Crippen molar-refractivity contribution in [1.82, 2.24) is 0 Å². The SMILES string of the molecule is CCC(=NC1CC(C)CC(C)(C)C1)C(=N)C(C)F. The summed E-state index contributed by atoms with van der Waals surface area (Å²) < 4.78 is 13.2. The van der Waals surface area contributed by atoms with Gasteiger partial charge < -0.3 is 5.41 Å². The molecule has 1 aliphatic rings. The number of hydrogen-bond donors (Lipinski definition) is 1. The van der Waals surface area contributed by atoms with Gasteiger partial charge in [-0.05, 0) is 43.9 Å². The first-order chi connectivity index (χ1) is 8.25. The summed E-state index contributed by atoms with van der Waals surface area (Å²) in [6.07, 6.45) is 2.80. The quantitative estimate of drug-likeness (QED) is 0.721. The first-order valence-corrected chi connectivity index (χ1v) is 7.04. The van der Waals surface area contributed by atoms with Crippen LogP contribution in [0.3, 0.4) is 0 Å². The Labute approximate surface area is 111 Å². The van der Waals surface area contributed by atoms with Gasteiger partial charge in [-0.15, -0.1) is 0 Å². The van der Waals surface area contributed by atoms with Crippen LogP contribution < -0.4 is 0 Å². The zero-order valence-electron chi connectivity index (χ0n) is 12.4. The van der Waals surface area contributed by atoms with Crippen LogP contribution in [-0.4, -0.2) is 23.6 Å². The average Bonchev–Trinajstić information content (AvgIpc) is 2.21. The third-order valence-corrected chi connectivity index (χ3v) is 3.75. The highest BCUT2D eigenvalue weighted by Crippen LogP contribution is 2.39. The Morgan fingerprint density at radius 2 is 2.06 bits per heavy atom. The Morgan fingerprint density at radius 3 is 2.50 bits per heavy atom. The van der Waals surface area contributed by atoms with Crippen molar-refractivity contribution in [2.45, 2.75) is 72.5 Å². The molecule has 3 heteroatoms. The van der Waals surface area contributed by atoms with Gasteiger partial charge in [0.15, 0.2) is 0 Å². The van der Waals surface area contributed by atoms with Crippen molar-refractivity contribution >= 4 is 11.4 Å². The molecule has 3 unspecified atom stereocenters. The van der Waals surface area contributed by atoms with Gasteiger partial charge in [0.05, 0.1) is 17.5 Å². The summed E-state index contributed by atoms with van der Waals surface area (Å²) in [4.78, 5) is 4.67. The highest BCUT2D eigenvalue weighted by molar-refractivity contribution is 6.42. The number of aliphatic imine (C=N–C) groups is 1. The van der Waals surface area contributed by atoms with Gasteiger partial charge in [-0.25, -0.2) is 4.39 Å². The minimum absolute atomic E-state index is 0.0635. The lowest BCUT2D eigenvalue weighted by atomic mass is 9.71. The number of nitrogens with one attached hydrogen (secondary N) is 1. The molecule has 0 amide bonds. The number of nitrogens with zero attached hydrogens (tertiary/aromatic N) is 1. The Kier molecular flexibility index (Phi) is 5.06. The van der Waals surface area contributed by atoms with Crippen LogP contribution in [0, 0.1) is 16.7 Å².